The molecule has 0 aliphatic carbocycles. The minimum Gasteiger partial charge on any atom is -0.350 e. The van der Waals surface area contributed by atoms with Crippen molar-refractivity contribution in [2.45, 2.75) is 26.4 Å². The highest BCUT2D eigenvalue weighted by Crippen LogP contribution is 2.24. The highest BCUT2D eigenvalue weighted by Gasteiger charge is 2.25. The zero-order chi connectivity index (χ0) is 21.1. The fourth-order valence-electron chi connectivity index (χ4n) is 2.87. The van der Waals surface area contributed by atoms with Crippen molar-refractivity contribution in [3.63, 3.8) is 0 Å². The van der Waals surface area contributed by atoms with Crippen LogP contribution in [-0.2, 0) is 6.54 Å². The maximum atomic E-state index is 13.0. The summed E-state index contributed by atoms with van der Waals surface area (Å²) < 4.78 is 10.6. The second-order valence-electron chi connectivity index (χ2n) is 6.87. The molecule has 0 saturated carbocycles. The molecule has 8 nitrogen and oxygen atoms in total. The largest absolute Gasteiger partial charge is 0.350 e. The molecule has 30 heavy (non-hydrogen) atoms. The van der Waals surface area contributed by atoms with E-state index in [-0.39, 0.29) is 24.3 Å². The third-order valence-electron chi connectivity index (χ3n) is 4.42. The Bertz CT molecular complexity index is 1160. The number of halogens is 1. The summed E-state index contributed by atoms with van der Waals surface area (Å²) in [6.45, 7) is 3.92. The van der Waals surface area contributed by atoms with Crippen molar-refractivity contribution in [3.8, 4) is 22.6 Å². The van der Waals surface area contributed by atoms with E-state index in [4.69, 9.17) is 20.6 Å². The van der Waals surface area contributed by atoms with E-state index >= 15 is 0 Å². The zero-order valence-corrected chi connectivity index (χ0v) is 17.1. The van der Waals surface area contributed by atoms with Crippen molar-refractivity contribution >= 4 is 17.5 Å². The molecule has 0 bridgehead atoms. The molecule has 0 aliphatic rings. The van der Waals surface area contributed by atoms with Crippen LogP contribution in [0.3, 0.4) is 0 Å². The first kappa shape index (κ1) is 19.8. The maximum absolute atomic E-state index is 13.0. The van der Waals surface area contributed by atoms with Crippen LogP contribution in [0.2, 0.25) is 5.02 Å². The Morgan fingerprint density at radius 1 is 1.10 bits per heavy atom. The quantitative estimate of drug-likeness (QED) is 0.450. The zero-order valence-electron chi connectivity index (χ0n) is 16.3. The van der Waals surface area contributed by atoms with E-state index < -0.39 is 0 Å². The summed E-state index contributed by atoms with van der Waals surface area (Å²) in [4.78, 5) is 23.0. The van der Waals surface area contributed by atoms with Gasteiger partial charge in [-0.05, 0) is 38.1 Å². The SMILES string of the molecule is CC(C)N(Cc1nc(-c2cccnc2)no1)C(=O)c1cc(-c2cccc(Cl)c2)no1. The average Bonchev–Trinajstić information content (AvgIpc) is 3.42. The van der Waals surface area contributed by atoms with E-state index in [1.54, 1.807) is 41.6 Å². The molecule has 0 fully saturated rings. The molecule has 4 rings (SSSR count). The number of hydrogen-bond donors (Lipinski definition) is 0. The van der Waals surface area contributed by atoms with Crippen LogP contribution in [0.15, 0.2) is 63.9 Å². The van der Waals surface area contributed by atoms with Crippen LogP contribution in [0.1, 0.15) is 30.3 Å². The summed E-state index contributed by atoms with van der Waals surface area (Å²) in [6, 6.07) is 12.3. The van der Waals surface area contributed by atoms with Crippen LogP contribution < -0.4 is 0 Å². The molecular formula is C21H18ClN5O3. The van der Waals surface area contributed by atoms with Gasteiger partial charge in [0.1, 0.15) is 12.2 Å². The standard InChI is InChI=1S/C21H18ClN5O3/c1-13(2)27(12-19-24-20(26-30-19)15-6-4-8-23-11-15)21(28)18-10-17(25-29-18)14-5-3-7-16(22)9-14/h3-11,13H,12H2,1-2H3. The summed E-state index contributed by atoms with van der Waals surface area (Å²) in [5.41, 5.74) is 2.02. The molecule has 9 heteroatoms. The van der Waals surface area contributed by atoms with Gasteiger partial charge in [-0.3, -0.25) is 9.78 Å². The number of aromatic nitrogens is 4. The first-order chi connectivity index (χ1) is 14.5. The maximum Gasteiger partial charge on any atom is 0.293 e. The first-order valence-corrected chi connectivity index (χ1v) is 9.65. The Kier molecular flexibility index (Phi) is 5.58. The second-order valence-corrected chi connectivity index (χ2v) is 7.30. The number of pyridine rings is 1. The average molecular weight is 424 g/mol. The molecule has 0 N–H and O–H groups in total. The Hall–Kier alpha value is -3.52. The van der Waals surface area contributed by atoms with E-state index in [0.717, 1.165) is 11.1 Å². The highest BCUT2D eigenvalue weighted by molar-refractivity contribution is 6.30. The smallest absolute Gasteiger partial charge is 0.293 e. The highest BCUT2D eigenvalue weighted by atomic mass is 35.5. The van der Waals surface area contributed by atoms with Crippen LogP contribution >= 0.6 is 11.6 Å². The van der Waals surface area contributed by atoms with Gasteiger partial charge in [-0.2, -0.15) is 4.98 Å². The fourth-order valence-corrected chi connectivity index (χ4v) is 3.06. The predicted molar refractivity (Wildman–Crippen MR) is 109 cm³/mol. The van der Waals surface area contributed by atoms with Crippen LogP contribution in [-0.4, -0.2) is 37.1 Å². The Morgan fingerprint density at radius 2 is 1.93 bits per heavy atom. The molecule has 0 saturated heterocycles. The van der Waals surface area contributed by atoms with Crippen molar-refractivity contribution in [2.24, 2.45) is 0 Å². The number of nitrogens with zero attached hydrogens (tertiary/aromatic N) is 5. The Balaban J connectivity index is 1.54. The second kappa shape index (κ2) is 8.46. The third kappa shape index (κ3) is 4.23. The van der Waals surface area contributed by atoms with E-state index in [1.807, 2.05) is 32.0 Å². The summed E-state index contributed by atoms with van der Waals surface area (Å²) in [6.07, 6.45) is 3.31. The van der Waals surface area contributed by atoms with Gasteiger partial charge in [0.15, 0.2) is 0 Å². The van der Waals surface area contributed by atoms with E-state index in [1.165, 1.54) is 0 Å². The monoisotopic (exact) mass is 423 g/mol. The minimum absolute atomic E-state index is 0.116. The normalized spacial score (nSPS) is 11.1. The van der Waals surface area contributed by atoms with Gasteiger partial charge >= 0.3 is 0 Å². The summed E-state index contributed by atoms with van der Waals surface area (Å²) in [5.74, 6) is 0.514. The van der Waals surface area contributed by atoms with Crippen molar-refractivity contribution in [1.29, 1.82) is 0 Å². The molecule has 0 aliphatic heterocycles. The summed E-state index contributed by atoms with van der Waals surface area (Å²) in [5, 5.41) is 8.55. The van der Waals surface area contributed by atoms with Crippen LogP contribution in [0.25, 0.3) is 22.6 Å². The minimum atomic E-state index is -0.327. The lowest BCUT2D eigenvalue weighted by molar-refractivity contribution is 0.0625. The lowest BCUT2D eigenvalue weighted by Crippen LogP contribution is -2.36. The van der Waals surface area contributed by atoms with Gasteiger partial charge in [-0.15, -0.1) is 0 Å². The molecule has 1 amide bonds. The van der Waals surface area contributed by atoms with Crippen molar-refractivity contribution in [2.75, 3.05) is 0 Å². The lowest BCUT2D eigenvalue weighted by Gasteiger charge is -2.23. The molecule has 0 unspecified atom stereocenters. The molecule has 0 radical (unpaired) electrons. The predicted octanol–water partition coefficient (Wildman–Crippen LogP) is 4.49. The van der Waals surface area contributed by atoms with Crippen LogP contribution in [0.5, 0.6) is 0 Å². The summed E-state index contributed by atoms with van der Waals surface area (Å²) in [7, 11) is 0. The molecule has 4 aromatic rings. The number of amides is 1. The van der Waals surface area contributed by atoms with Gasteiger partial charge in [-0.1, -0.05) is 34.0 Å². The number of carbonyl (C=O) groups excluding carboxylic acids is 1. The Morgan fingerprint density at radius 3 is 2.67 bits per heavy atom. The van der Waals surface area contributed by atoms with Gasteiger partial charge < -0.3 is 13.9 Å². The van der Waals surface area contributed by atoms with Gasteiger partial charge in [0.25, 0.3) is 5.91 Å². The van der Waals surface area contributed by atoms with Crippen LogP contribution in [0.4, 0.5) is 0 Å². The lowest BCUT2D eigenvalue weighted by atomic mass is 10.1. The molecule has 3 heterocycles. The topological polar surface area (TPSA) is 98.2 Å². The summed E-state index contributed by atoms with van der Waals surface area (Å²) >= 11 is 6.03. The van der Waals surface area contributed by atoms with Gasteiger partial charge in [0, 0.05) is 40.7 Å². The Labute approximate surface area is 177 Å². The van der Waals surface area contributed by atoms with Crippen molar-refractivity contribution in [1.82, 2.24) is 25.2 Å². The first-order valence-electron chi connectivity index (χ1n) is 9.28. The number of benzene rings is 1. The fraction of sp³-hybridized carbons (Fsp3) is 0.190. The molecule has 3 aromatic heterocycles. The third-order valence-corrected chi connectivity index (χ3v) is 4.65. The van der Waals surface area contributed by atoms with Crippen molar-refractivity contribution < 1.29 is 13.8 Å². The molecule has 1 aromatic carbocycles. The van der Waals surface area contributed by atoms with Gasteiger partial charge in [-0.25, -0.2) is 0 Å². The van der Waals surface area contributed by atoms with Gasteiger partial charge in [0.2, 0.25) is 17.5 Å². The van der Waals surface area contributed by atoms with Crippen molar-refractivity contribution in [3.05, 3.63) is 71.5 Å². The number of carbonyl (C=O) groups is 1. The number of rotatable bonds is 6. The number of hydrogen-bond acceptors (Lipinski definition) is 7. The molecule has 0 spiro atoms. The van der Waals surface area contributed by atoms with Gasteiger partial charge in [0.05, 0.1) is 0 Å². The van der Waals surface area contributed by atoms with Crippen LogP contribution in [0, 0.1) is 0 Å². The van der Waals surface area contributed by atoms with E-state index in [0.29, 0.717) is 22.4 Å². The van der Waals surface area contributed by atoms with E-state index in [2.05, 4.69) is 20.3 Å². The molecule has 152 valence electrons. The molecule has 0 atom stereocenters. The molecular weight excluding hydrogens is 406 g/mol. The van der Waals surface area contributed by atoms with E-state index in [9.17, 15) is 4.79 Å².